The molecule has 2 fully saturated rings. The molecule has 0 aliphatic carbocycles. The van der Waals surface area contributed by atoms with Gasteiger partial charge in [-0.3, -0.25) is 4.79 Å². The molecular formula is C15H20N4O3. The van der Waals surface area contributed by atoms with Crippen molar-refractivity contribution >= 4 is 17.7 Å². The molecule has 0 bridgehead atoms. The predicted octanol–water partition coefficient (Wildman–Crippen LogP) is 1.01. The number of carboxylic acids is 1. The predicted molar refractivity (Wildman–Crippen MR) is 79.7 cm³/mol. The number of carboxylic acid groups (broad SMARTS) is 1. The van der Waals surface area contributed by atoms with E-state index in [9.17, 15) is 14.7 Å². The first-order valence-electron chi connectivity index (χ1n) is 7.75. The highest BCUT2D eigenvalue weighted by molar-refractivity contribution is 5.91. The Bertz CT molecular complexity index is 572. The van der Waals surface area contributed by atoms with Gasteiger partial charge in [-0.15, -0.1) is 0 Å². The number of anilines is 1. The molecule has 1 aromatic heterocycles. The maximum absolute atomic E-state index is 12.5. The van der Waals surface area contributed by atoms with Crippen LogP contribution in [-0.4, -0.2) is 58.0 Å². The van der Waals surface area contributed by atoms with Crippen LogP contribution in [-0.2, 0) is 4.79 Å². The molecule has 2 aliphatic heterocycles. The van der Waals surface area contributed by atoms with Gasteiger partial charge in [-0.1, -0.05) is 0 Å². The molecule has 3 rings (SSSR count). The zero-order valence-electron chi connectivity index (χ0n) is 12.4. The SMILES string of the molecule is O=C(O)c1nccnc1N1CCCC(C(=O)N2CCCC2)C1. The van der Waals surface area contributed by atoms with E-state index in [2.05, 4.69) is 9.97 Å². The lowest BCUT2D eigenvalue weighted by atomic mass is 9.96. The minimum atomic E-state index is -1.09. The first kappa shape index (κ1) is 14.7. The van der Waals surface area contributed by atoms with E-state index in [-0.39, 0.29) is 17.5 Å². The number of likely N-dealkylation sites (tertiary alicyclic amines) is 1. The lowest BCUT2D eigenvalue weighted by Gasteiger charge is -2.34. The van der Waals surface area contributed by atoms with Crippen LogP contribution >= 0.6 is 0 Å². The fourth-order valence-electron chi connectivity index (χ4n) is 3.28. The van der Waals surface area contributed by atoms with Crippen LogP contribution in [0, 0.1) is 5.92 Å². The second-order valence-electron chi connectivity index (χ2n) is 5.85. The Kier molecular flexibility index (Phi) is 4.22. The minimum Gasteiger partial charge on any atom is -0.476 e. The fraction of sp³-hybridized carbons (Fsp3) is 0.600. The van der Waals surface area contributed by atoms with Crippen LogP contribution in [0.3, 0.4) is 0 Å². The quantitative estimate of drug-likeness (QED) is 0.897. The fourth-order valence-corrected chi connectivity index (χ4v) is 3.28. The molecule has 0 spiro atoms. The van der Waals surface area contributed by atoms with Crippen LogP contribution < -0.4 is 4.90 Å². The average Bonchev–Trinajstić information content (AvgIpc) is 3.08. The third-order valence-electron chi connectivity index (χ3n) is 4.37. The summed E-state index contributed by atoms with van der Waals surface area (Å²) in [4.78, 5) is 35.7. The number of hydrogen-bond acceptors (Lipinski definition) is 5. The Labute approximate surface area is 129 Å². The topological polar surface area (TPSA) is 86.6 Å². The highest BCUT2D eigenvalue weighted by Gasteiger charge is 2.32. The van der Waals surface area contributed by atoms with Crippen molar-refractivity contribution in [1.29, 1.82) is 0 Å². The van der Waals surface area contributed by atoms with E-state index >= 15 is 0 Å². The highest BCUT2D eigenvalue weighted by atomic mass is 16.4. The van der Waals surface area contributed by atoms with Crippen LogP contribution in [0.5, 0.6) is 0 Å². The van der Waals surface area contributed by atoms with Crippen molar-refractivity contribution in [3.05, 3.63) is 18.1 Å². The summed E-state index contributed by atoms with van der Waals surface area (Å²) >= 11 is 0. The Morgan fingerprint density at radius 3 is 2.55 bits per heavy atom. The lowest BCUT2D eigenvalue weighted by Crippen LogP contribution is -2.44. The normalized spacial score (nSPS) is 21.9. The van der Waals surface area contributed by atoms with E-state index in [4.69, 9.17) is 0 Å². The molecule has 2 saturated heterocycles. The summed E-state index contributed by atoms with van der Waals surface area (Å²) < 4.78 is 0. The molecule has 7 heteroatoms. The first-order chi connectivity index (χ1) is 10.7. The maximum atomic E-state index is 12.5. The number of rotatable bonds is 3. The summed E-state index contributed by atoms with van der Waals surface area (Å²) in [6, 6.07) is 0. The molecule has 7 nitrogen and oxygen atoms in total. The zero-order chi connectivity index (χ0) is 15.5. The highest BCUT2D eigenvalue weighted by Crippen LogP contribution is 2.25. The van der Waals surface area contributed by atoms with Gasteiger partial charge in [0, 0.05) is 38.6 Å². The molecule has 1 amide bonds. The summed E-state index contributed by atoms with van der Waals surface area (Å²) in [6.45, 7) is 2.93. The van der Waals surface area contributed by atoms with E-state index in [0.29, 0.717) is 18.9 Å². The lowest BCUT2D eigenvalue weighted by molar-refractivity contribution is -0.134. The summed E-state index contributed by atoms with van der Waals surface area (Å²) in [5, 5.41) is 9.24. The Morgan fingerprint density at radius 2 is 1.82 bits per heavy atom. The van der Waals surface area contributed by atoms with Crippen molar-refractivity contribution < 1.29 is 14.7 Å². The largest absolute Gasteiger partial charge is 0.476 e. The van der Waals surface area contributed by atoms with Crippen molar-refractivity contribution in [2.24, 2.45) is 5.92 Å². The van der Waals surface area contributed by atoms with Crippen molar-refractivity contribution in [3.63, 3.8) is 0 Å². The van der Waals surface area contributed by atoms with E-state index in [1.807, 2.05) is 9.80 Å². The molecule has 118 valence electrons. The molecule has 3 heterocycles. The van der Waals surface area contributed by atoms with Gasteiger partial charge in [0.1, 0.15) is 0 Å². The number of carbonyl (C=O) groups excluding carboxylic acids is 1. The minimum absolute atomic E-state index is 0.0447. The van der Waals surface area contributed by atoms with Crippen LogP contribution in [0.15, 0.2) is 12.4 Å². The second kappa shape index (κ2) is 6.29. The van der Waals surface area contributed by atoms with Gasteiger partial charge in [0.2, 0.25) is 5.91 Å². The van der Waals surface area contributed by atoms with Crippen molar-refractivity contribution in [2.75, 3.05) is 31.1 Å². The zero-order valence-corrected chi connectivity index (χ0v) is 12.4. The van der Waals surface area contributed by atoms with Gasteiger partial charge in [-0.05, 0) is 25.7 Å². The average molecular weight is 304 g/mol. The first-order valence-corrected chi connectivity index (χ1v) is 7.75. The number of piperidine rings is 1. The van der Waals surface area contributed by atoms with Crippen molar-refractivity contribution in [2.45, 2.75) is 25.7 Å². The number of aromatic nitrogens is 2. The van der Waals surface area contributed by atoms with Crippen LogP contribution in [0.4, 0.5) is 5.82 Å². The summed E-state index contributed by atoms with van der Waals surface area (Å²) in [5.74, 6) is -0.594. The number of nitrogens with zero attached hydrogens (tertiary/aromatic N) is 4. The van der Waals surface area contributed by atoms with Gasteiger partial charge >= 0.3 is 5.97 Å². The third-order valence-corrected chi connectivity index (χ3v) is 4.37. The molecule has 1 N–H and O–H groups in total. The van der Waals surface area contributed by atoms with Gasteiger partial charge in [-0.25, -0.2) is 14.8 Å². The number of hydrogen-bond donors (Lipinski definition) is 1. The van der Waals surface area contributed by atoms with Crippen LogP contribution in [0.25, 0.3) is 0 Å². The van der Waals surface area contributed by atoms with Crippen molar-refractivity contribution in [3.8, 4) is 0 Å². The van der Waals surface area contributed by atoms with Gasteiger partial charge in [0.05, 0.1) is 5.92 Å². The standard InChI is InChI=1S/C15H20N4O3/c20-14(18-7-1-2-8-18)11-4-3-9-19(10-11)13-12(15(21)22)16-5-6-17-13/h5-6,11H,1-4,7-10H2,(H,21,22). The number of amides is 1. The van der Waals surface area contributed by atoms with E-state index in [0.717, 1.165) is 38.8 Å². The Balaban J connectivity index is 1.75. The summed E-state index contributed by atoms with van der Waals surface area (Å²) in [7, 11) is 0. The molecule has 22 heavy (non-hydrogen) atoms. The molecule has 0 saturated carbocycles. The van der Waals surface area contributed by atoms with Crippen LogP contribution in [0.2, 0.25) is 0 Å². The summed E-state index contributed by atoms with van der Waals surface area (Å²) in [6.07, 6.45) is 6.75. The van der Waals surface area contributed by atoms with Gasteiger partial charge in [-0.2, -0.15) is 0 Å². The number of aromatic carboxylic acids is 1. The Morgan fingerprint density at radius 1 is 1.09 bits per heavy atom. The second-order valence-corrected chi connectivity index (χ2v) is 5.85. The van der Waals surface area contributed by atoms with Gasteiger partial charge in [0.25, 0.3) is 0 Å². The molecular weight excluding hydrogens is 284 g/mol. The smallest absolute Gasteiger partial charge is 0.358 e. The molecule has 1 aromatic rings. The third kappa shape index (κ3) is 2.88. The van der Waals surface area contributed by atoms with E-state index in [1.54, 1.807) is 0 Å². The van der Waals surface area contributed by atoms with Gasteiger partial charge < -0.3 is 14.9 Å². The monoisotopic (exact) mass is 304 g/mol. The molecule has 1 unspecified atom stereocenters. The summed E-state index contributed by atoms with van der Waals surface area (Å²) in [5.41, 5.74) is -0.0447. The molecule has 1 atom stereocenters. The van der Waals surface area contributed by atoms with Crippen LogP contribution in [0.1, 0.15) is 36.2 Å². The molecule has 2 aliphatic rings. The van der Waals surface area contributed by atoms with Gasteiger partial charge in [0.15, 0.2) is 11.5 Å². The molecule has 0 radical (unpaired) electrons. The van der Waals surface area contributed by atoms with E-state index in [1.165, 1.54) is 12.4 Å². The number of carbonyl (C=O) groups is 2. The Hall–Kier alpha value is -2.18. The van der Waals surface area contributed by atoms with E-state index < -0.39 is 5.97 Å². The van der Waals surface area contributed by atoms with Crippen molar-refractivity contribution in [1.82, 2.24) is 14.9 Å². The molecule has 0 aromatic carbocycles. The maximum Gasteiger partial charge on any atom is 0.358 e.